The van der Waals surface area contributed by atoms with E-state index in [1.165, 1.54) is 11.1 Å². The van der Waals surface area contributed by atoms with E-state index in [4.69, 9.17) is 4.74 Å². The number of carbonyl (C=O) groups is 1. The molecule has 0 aliphatic carbocycles. The van der Waals surface area contributed by atoms with Crippen LogP contribution in [0.1, 0.15) is 5.56 Å². The number of thioether (sulfide) groups is 1. The zero-order valence-electron chi connectivity index (χ0n) is 17.1. The third kappa shape index (κ3) is 6.27. The maximum Gasteiger partial charge on any atom is 0.406 e. The lowest BCUT2D eigenvalue weighted by Crippen LogP contribution is -2.28. The van der Waals surface area contributed by atoms with Crippen molar-refractivity contribution < 1.29 is 22.7 Å². The van der Waals surface area contributed by atoms with Gasteiger partial charge in [0, 0.05) is 13.6 Å². The smallest absolute Gasteiger partial charge is 0.406 e. The van der Waals surface area contributed by atoms with Gasteiger partial charge in [-0.3, -0.25) is 4.79 Å². The second-order valence-corrected chi connectivity index (χ2v) is 7.83. The van der Waals surface area contributed by atoms with Crippen molar-refractivity contribution in [2.45, 2.75) is 24.4 Å². The van der Waals surface area contributed by atoms with Gasteiger partial charge in [-0.05, 0) is 23.3 Å². The summed E-state index contributed by atoms with van der Waals surface area (Å²) in [6.45, 7) is -0.809. The molecular formula is C22H22F3N3O2S. The Morgan fingerprint density at radius 1 is 1.16 bits per heavy atom. The number of nitrogens with zero attached hydrogens (tertiary/aromatic N) is 3. The van der Waals surface area contributed by atoms with E-state index in [1.54, 1.807) is 44.5 Å². The molecule has 9 heteroatoms. The summed E-state index contributed by atoms with van der Waals surface area (Å²) in [6, 6.07) is 16.1. The number of carbonyl (C=O) groups excluding carboxylic acids is 1. The van der Waals surface area contributed by atoms with Gasteiger partial charge < -0.3 is 14.2 Å². The summed E-state index contributed by atoms with van der Waals surface area (Å²) < 4.78 is 45.8. The van der Waals surface area contributed by atoms with E-state index >= 15 is 0 Å². The fourth-order valence-corrected chi connectivity index (χ4v) is 3.93. The van der Waals surface area contributed by atoms with E-state index in [-0.39, 0.29) is 16.8 Å². The molecule has 31 heavy (non-hydrogen) atoms. The molecule has 0 aliphatic heterocycles. The molecule has 1 heterocycles. The Morgan fingerprint density at radius 2 is 1.90 bits per heavy atom. The lowest BCUT2D eigenvalue weighted by molar-refractivity contribution is -0.141. The topological polar surface area (TPSA) is 47.4 Å². The highest BCUT2D eigenvalue weighted by molar-refractivity contribution is 7.99. The van der Waals surface area contributed by atoms with Crippen LogP contribution in [-0.4, -0.2) is 46.4 Å². The van der Waals surface area contributed by atoms with Crippen LogP contribution in [0.2, 0.25) is 0 Å². The Bertz CT molecular complexity index is 1020. The van der Waals surface area contributed by atoms with Gasteiger partial charge in [0.25, 0.3) is 0 Å². The van der Waals surface area contributed by atoms with Gasteiger partial charge in [-0.15, -0.1) is 0 Å². The quantitative estimate of drug-likeness (QED) is 0.461. The van der Waals surface area contributed by atoms with Gasteiger partial charge >= 0.3 is 6.18 Å². The normalized spacial score (nSPS) is 11.4. The Kier molecular flexibility index (Phi) is 7.27. The van der Waals surface area contributed by atoms with Crippen molar-refractivity contribution in [1.82, 2.24) is 14.5 Å². The van der Waals surface area contributed by atoms with E-state index in [0.29, 0.717) is 23.6 Å². The standard InChI is InChI=1S/C22H22F3N3O2S/c1-27(13-16-7-6-10-18(11-16)30-2)20(29)14-31-21-26-12-19(17-8-4-3-5-9-17)28(21)15-22(23,24)25/h3-12H,13-15H2,1-2H3. The Balaban J connectivity index is 1.71. The monoisotopic (exact) mass is 449 g/mol. The molecule has 0 saturated heterocycles. The van der Waals surface area contributed by atoms with E-state index in [1.807, 2.05) is 24.3 Å². The van der Waals surface area contributed by atoms with Gasteiger partial charge in [-0.2, -0.15) is 13.2 Å². The van der Waals surface area contributed by atoms with Crippen LogP contribution in [-0.2, 0) is 17.9 Å². The number of hydrogen-bond acceptors (Lipinski definition) is 4. The first-order chi connectivity index (χ1) is 14.8. The Morgan fingerprint density at radius 3 is 2.58 bits per heavy atom. The first-order valence-electron chi connectivity index (χ1n) is 9.44. The maximum absolute atomic E-state index is 13.2. The highest BCUT2D eigenvalue weighted by Gasteiger charge is 2.31. The van der Waals surface area contributed by atoms with E-state index < -0.39 is 12.7 Å². The number of aromatic nitrogens is 2. The van der Waals surface area contributed by atoms with Crippen molar-refractivity contribution in [3.05, 3.63) is 66.4 Å². The highest BCUT2D eigenvalue weighted by Crippen LogP contribution is 2.30. The number of alkyl halides is 3. The SMILES string of the molecule is COc1cccc(CN(C)C(=O)CSc2ncc(-c3ccccc3)n2CC(F)(F)F)c1. The summed E-state index contributed by atoms with van der Waals surface area (Å²) in [7, 11) is 3.22. The molecule has 3 rings (SSSR count). The fraction of sp³-hybridized carbons (Fsp3) is 0.273. The Hall–Kier alpha value is -2.94. The maximum atomic E-state index is 13.2. The van der Waals surface area contributed by atoms with Crippen LogP contribution in [0.5, 0.6) is 5.75 Å². The molecular weight excluding hydrogens is 427 g/mol. The molecule has 1 amide bonds. The van der Waals surface area contributed by atoms with Crippen molar-refractivity contribution in [3.8, 4) is 17.0 Å². The van der Waals surface area contributed by atoms with Crippen molar-refractivity contribution >= 4 is 17.7 Å². The summed E-state index contributed by atoms with van der Waals surface area (Å²) >= 11 is 0.994. The highest BCUT2D eigenvalue weighted by atomic mass is 32.2. The average Bonchev–Trinajstić information content (AvgIpc) is 3.13. The zero-order chi connectivity index (χ0) is 22.4. The summed E-state index contributed by atoms with van der Waals surface area (Å²) in [4.78, 5) is 18.2. The van der Waals surface area contributed by atoms with Crippen LogP contribution in [0.4, 0.5) is 13.2 Å². The number of halogens is 3. The number of benzene rings is 2. The van der Waals surface area contributed by atoms with Gasteiger partial charge in [-0.1, -0.05) is 54.2 Å². The molecule has 1 aromatic heterocycles. The second kappa shape index (κ2) is 9.91. The molecule has 0 radical (unpaired) electrons. The Labute approximate surface area is 182 Å². The number of ether oxygens (including phenoxy) is 1. The summed E-state index contributed by atoms with van der Waals surface area (Å²) in [6.07, 6.45) is -3.00. The zero-order valence-corrected chi connectivity index (χ0v) is 17.9. The molecule has 0 N–H and O–H groups in total. The van der Waals surface area contributed by atoms with Gasteiger partial charge in [0.05, 0.1) is 24.8 Å². The molecule has 0 saturated carbocycles. The summed E-state index contributed by atoms with van der Waals surface area (Å²) in [5.41, 5.74) is 1.88. The van der Waals surface area contributed by atoms with Crippen molar-refractivity contribution in [3.63, 3.8) is 0 Å². The molecule has 0 spiro atoms. The minimum absolute atomic E-state index is 0.0242. The van der Waals surface area contributed by atoms with Crippen LogP contribution in [0.15, 0.2) is 66.0 Å². The number of rotatable bonds is 8. The molecule has 0 bridgehead atoms. The predicted molar refractivity (Wildman–Crippen MR) is 114 cm³/mol. The molecule has 0 unspecified atom stereocenters. The van der Waals surface area contributed by atoms with Crippen LogP contribution in [0.3, 0.4) is 0 Å². The molecule has 0 fully saturated rings. The minimum Gasteiger partial charge on any atom is -0.497 e. The van der Waals surface area contributed by atoms with Crippen LogP contribution < -0.4 is 4.74 Å². The third-order valence-electron chi connectivity index (χ3n) is 4.53. The fourth-order valence-electron chi connectivity index (χ4n) is 3.01. The van der Waals surface area contributed by atoms with Gasteiger partial charge in [0.15, 0.2) is 5.16 Å². The first kappa shape index (κ1) is 22.7. The van der Waals surface area contributed by atoms with Crippen molar-refractivity contribution in [1.29, 1.82) is 0 Å². The van der Waals surface area contributed by atoms with Crippen molar-refractivity contribution in [2.24, 2.45) is 0 Å². The molecule has 0 atom stereocenters. The van der Waals surface area contributed by atoms with E-state index in [0.717, 1.165) is 21.9 Å². The van der Waals surface area contributed by atoms with E-state index in [9.17, 15) is 18.0 Å². The molecule has 3 aromatic rings. The molecule has 2 aromatic carbocycles. The second-order valence-electron chi connectivity index (χ2n) is 6.88. The summed E-state index contributed by atoms with van der Waals surface area (Å²) in [5, 5.41) is 0.152. The molecule has 164 valence electrons. The van der Waals surface area contributed by atoms with Crippen molar-refractivity contribution in [2.75, 3.05) is 19.9 Å². The predicted octanol–water partition coefficient (Wildman–Crippen LogP) is 4.87. The number of hydrogen-bond donors (Lipinski definition) is 0. The van der Waals surface area contributed by atoms with Crippen LogP contribution in [0.25, 0.3) is 11.3 Å². The van der Waals surface area contributed by atoms with Gasteiger partial charge in [0.2, 0.25) is 5.91 Å². The summed E-state index contributed by atoms with van der Waals surface area (Å²) in [5.74, 6) is 0.454. The number of imidazole rings is 1. The van der Waals surface area contributed by atoms with Gasteiger partial charge in [-0.25, -0.2) is 4.98 Å². The van der Waals surface area contributed by atoms with E-state index in [2.05, 4.69) is 4.98 Å². The molecule has 5 nitrogen and oxygen atoms in total. The average molecular weight is 449 g/mol. The van der Waals surface area contributed by atoms with Crippen LogP contribution in [0, 0.1) is 0 Å². The molecule has 0 aliphatic rings. The van der Waals surface area contributed by atoms with Gasteiger partial charge in [0.1, 0.15) is 12.3 Å². The lowest BCUT2D eigenvalue weighted by atomic mass is 10.2. The largest absolute Gasteiger partial charge is 0.497 e. The van der Waals surface area contributed by atoms with Crippen LogP contribution >= 0.6 is 11.8 Å². The minimum atomic E-state index is -4.41. The number of amides is 1. The third-order valence-corrected chi connectivity index (χ3v) is 5.51. The lowest BCUT2D eigenvalue weighted by Gasteiger charge is -2.18. The number of methoxy groups -OCH3 is 1. The first-order valence-corrected chi connectivity index (χ1v) is 10.4.